The highest BCUT2D eigenvalue weighted by molar-refractivity contribution is 9.10. The van der Waals surface area contributed by atoms with Gasteiger partial charge in [-0.1, -0.05) is 47.1 Å². The number of carbonyl (C=O) groups excluding carboxylic acids is 1. The minimum absolute atomic E-state index is 0.0412. The third-order valence-corrected chi connectivity index (χ3v) is 6.68. The Morgan fingerprint density at radius 1 is 1.06 bits per heavy atom. The van der Waals surface area contributed by atoms with E-state index in [0.717, 1.165) is 5.56 Å². The van der Waals surface area contributed by atoms with Crippen molar-refractivity contribution >= 4 is 55.4 Å². The van der Waals surface area contributed by atoms with Crippen molar-refractivity contribution in [2.24, 2.45) is 5.16 Å². The first-order valence-corrected chi connectivity index (χ1v) is 12.0. The van der Waals surface area contributed by atoms with Crippen molar-refractivity contribution in [1.82, 2.24) is 0 Å². The molecule has 3 aromatic rings. The quantitative estimate of drug-likeness (QED) is 0.238. The molecule has 0 fully saturated rings. The third-order valence-electron chi connectivity index (χ3n) is 4.60. The normalized spacial score (nSPS) is 14.7. The van der Waals surface area contributed by atoms with Crippen LogP contribution in [0.1, 0.15) is 11.1 Å². The van der Waals surface area contributed by atoms with Gasteiger partial charge in [0, 0.05) is 10.6 Å². The standard InChI is InChI=1S/C23H15BrClNO6S/c1-30-20-13-14(11-18-21(26-31-23(18)27)15-5-3-2-4-6-15)12-19(24)22(20)32-33(28,29)17-9-7-16(25)8-10-17/h2-13H,1H3/b18-11-. The fourth-order valence-corrected chi connectivity index (χ4v) is 4.77. The number of halogens is 2. The number of rotatable bonds is 6. The van der Waals surface area contributed by atoms with Crippen LogP contribution in [0.25, 0.3) is 6.08 Å². The van der Waals surface area contributed by atoms with Gasteiger partial charge in [0.1, 0.15) is 10.6 Å². The van der Waals surface area contributed by atoms with Crippen LogP contribution in [0.5, 0.6) is 11.5 Å². The highest BCUT2D eigenvalue weighted by Crippen LogP contribution is 2.39. The summed E-state index contributed by atoms with van der Waals surface area (Å²) in [5, 5.41) is 4.27. The van der Waals surface area contributed by atoms with Gasteiger partial charge in [-0.15, -0.1) is 0 Å². The van der Waals surface area contributed by atoms with E-state index in [2.05, 4.69) is 21.1 Å². The van der Waals surface area contributed by atoms with E-state index in [0.29, 0.717) is 20.8 Å². The zero-order valence-corrected chi connectivity index (χ0v) is 20.1. The minimum atomic E-state index is -4.15. The van der Waals surface area contributed by atoms with Gasteiger partial charge in [-0.2, -0.15) is 8.42 Å². The summed E-state index contributed by atoms with van der Waals surface area (Å²) in [4.78, 5) is 17.1. The molecule has 0 saturated heterocycles. The summed E-state index contributed by atoms with van der Waals surface area (Å²) in [6, 6.07) is 17.8. The van der Waals surface area contributed by atoms with Gasteiger partial charge in [0.05, 0.1) is 17.2 Å². The lowest BCUT2D eigenvalue weighted by Crippen LogP contribution is -2.11. The SMILES string of the molecule is COc1cc(/C=C2\C(=O)ON=C2c2ccccc2)cc(Br)c1OS(=O)(=O)c1ccc(Cl)cc1. The topological polar surface area (TPSA) is 91.3 Å². The Bertz CT molecular complexity index is 1390. The van der Waals surface area contributed by atoms with E-state index in [9.17, 15) is 13.2 Å². The van der Waals surface area contributed by atoms with E-state index in [1.807, 2.05) is 30.3 Å². The molecule has 10 heteroatoms. The lowest BCUT2D eigenvalue weighted by Gasteiger charge is -2.13. The van der Waals surface area contributed by atoms with Crippen molar-refractivity contribution in [2.75, 3.05) is 7.11 Å². The van der Waals surface area contributed by atoms with Gasteiger partial charge >= 0.3 is 16.1 Å². The number of carbonyl (C=O) groups is 1. The number of hydrogen-bond acceptors (Lipinski definition) is 7. The Labute approximate surface area is 203 Å². The van der Waals surface area contributed by atoms with Crippen molar-refractivity contribution in [3.8, 4) is 11.5 Å². The molecular formula is C23H15BrClNO6S. The molecule has 1 aliphatic heterocycles. The molecule has 0 saturated carbocycles. The lowest BCUT2D eigenvalue weighted by atomic mass is 10.0. The van der Waals surface area contributed by atoms with Crippen LogP contribution < -0.4 is 8.92 Å². The third kappa shape index (κ3) is 4.95. The van der Waals surface area contributed by atoms with Crippen LogP contribution in [0.15, 0.2) is 86.8 Å². The van der Waals surface area contributed by atoms with Crippen LogP contribution in [-0.2, 0) is 19.8 Å². The molecule has 0 amide bonds. The smallest absolute Gasteiger partial charge is 0.368 e. The molecule has 0 bridgehead atoms. The Hall–Kier alpha value is -3.14. The molecule has 1 aliphatic rings. The molecule has 0 N–H and O–H groups in total. The van der Waals surface area contributed by atoms with Gasteiger partial charge in [0.15, 0.2) is 11.5 Å². The highest BCUT2D eigenvalue weighted by atomic mass is 79.9. The molecule has 33 heavy (non-hydrogen) atoms. The van der Waals surface area contributed by atoms with Gasteiger partial charge in [-0.25, -0.2) is 4.79 Å². The van der Waals surface area contributed by atoms with Crippen molar-refractivity contribution in [3.05, 3.63) is 92.9 Å². The molecule has 3 aromatic carbocycles. The van der Waals surface area contributed by atoms with E-state index >= 15 is 0 Å². The van der Waals surface area contributed by atoms with E-state index in [1.165, 1.54) is 31.4 Å². The number of nitrogens with zero attached hydrogens (tertiary/aromatic N) is 1. The second kappa shape index (κ2) is 9.38. The summed E-state index contributed by atoms with van der Waals surface area (Å²) in [5.74, 6) is -0.506. The molecule has 0 aromatic heterocycles. The van der Waals surface area contributed by atoms with E-state index in [4.69, 9.17) is 25.4 Å². The lowest BCUT2D eigenvalue weighted by molar-refractivity contribution is -0.136. The largest absolute Gasteiger partial charge is 0.493 e. The van der Waals surface area contributed by atoms with E-state index in [-0.39, 0.29) is 22.0 Å². The molecule has 168 valence electrons. The highest BCUT2D eigenvalue weighted by Gasteiger charge is 2.27. The zero-order valence-electron chi connectivity index (χ0n) is 17.0. The summed E-state index contributed by atoms with van der Waals surface area (Å²) in [6.07, 6.45) is 1.58. The number of hydrogen-bond donors (Lipinski definition) is 0. The van der Waals surface area contributed by atoms with Crippen molar-refractivity contribution < 1.29 is 27.0 Å². The van der Waals surface area contributed by atoms with Crippen molar-refractivity contribution in [2.45, 2.75) is 4.90 Å². The minimum Gasteiger partial charge on any atom is -0.493 e. The average Bonchev–Trinajstić information content (AvgIpc) is 3.16. The fraction of sp³-hybridized carbons (Fsp3) is 0.0435. The van der Waals surface area contributed by atoms with Gasteiger partial charge in [0.25, 0.3) is 0 Å². The summed E-state index contributed by atoms with van der Waals surface area (Å²) < 4.78 is 36.4. The van der Waals surface area contributed by atoms with Crippen LogP contribution >= 0.6 is 27.5 Å². The number of benzene rings is 3. The molecule has 0 spiro atoms. The fourth-order valence-electron chi connectivity index (χ4n) is 3.04. The second-order valence-corrected chi connectivity index (χ2v) is 9.61. The molecule has 0 radical (unpaired) electrons. The van der Waals surface area contributed by atoms with E-state index in [1.54, 1.807) is 18.2 Å². The molecular weight excluding hydrogens is 534 g/mol. The maximum atomic E-state index is 12.7. The van der Waals surface area contributed by atoms with E-state index < -0.39 is 16.1 Å². The van der Waals surface area contributed by atoms with Gasteiger partial charge in [0.2, 0.25) is 0 Å². The average molecular weight is 549 g/mol. The van der Waals surface area contributed by atoms with Crippen LogP contribution in [0, 0.1) is 0 Å². The zero-order chi connectivity index (χ0) is 23.6. The van der Waals surface area contributed by atoms with Crippen molar-refractivity contribution in [1.29, 1.82) is 0 Å². The van der Waals surface area contributed by atoms with Crippen LogP contribution in [-0.4, -0.2) is 27.2 Å². The monoisotopic (exact) mass is 547 g/mol. The van der Waals surface area contributed by atoms with Crippen molar-refractivity contribution in [3.63, 3.8) is 0 Å². The summed E-state index contributed by atoms with van der Waals surface area (Å²) in [5.41, 5.74) is 1.89. The molecule has 1 heterocycles. The molecule has 0 aliphatic carbocycles. The Balaban J connectivity index is 1.70. The first kappa shape index (κ1) is 23.0. The summed E-state index contributed by atoms with van der Waals surface area (Å²) in [7, 11) is -2.78. The number of oxime groups is 1. The Kier molecular flexibility index (Phi) is 6.55. The predicted octanol–water partition coefficient (Wildman–Crippen LogP) is 5.22. The van der Waals surface area contributed by atoms with Crippen LogP contribution in [0.4, 0.5) is 0 Å². The predicted molar refractivity (Wildman–Crippen MR) is 127 cm³/mol. The van der Waals surface area contributed by atoms with Gasteiger partial charge < -0.3 is 13.8 Å². The number of methoxy groups -OCH3 is 1. The molecule has 4 rings (SSSR count). The first-order valence-electron chi connectivity index (χ1n) is 9.43. The Morgan fingerprint density at radius 3 is 2.42 bits per heavy atom. The van der Waals surface area contributed by atoms with Gasteiger partial charge in [-0.3, -0.25) is 0 Å². The first-order chi connectivity index (χ1) is 15.8. The summed E-state index contributed by atoms with van der Waals surface area (Å²) >= 11 is 9.17. The van der Waals surface area contributed by atoms with Crippen LogP contribution in [0.2, 0.25) is 5.02 Å². The second-order valence-electron chi connectivity index (χ2n) is 6.77. The summed E-state index contributed by atoms with van der Waals surface area (Å²) in [6.45, 7) is 0. The Morgan fingerprint density at radius 2 is 1.76 bits per heavy atom. The molecule has 0 atom stereocenters. The number of ether oxygens (including phenoxy) is 1. The molecule has 0 unspecified atom stereocenters. The maximum absolute atomic E-state index is 12.7. The van der Waals surface area contributed by atoms with Gasteiger partial charge in [-0.05, 0) is 64.0 Å². The van der Waals surface area contributed by atoms with Crippen LogP contribution in [0.3, 0.4) is 0 Å². The maximum Gasteiger partial charge on any atom is 0.368 e. The molecule has 7 nitrogen and oxygen atoms in total.